The van der Waals surface area contributed by atoms with Gasteiger partial charge in [-0.25, -0.2) is 0 Å². The molecule has 2 heterocycles. The molecule has 26 heavy (non-hydrogen) atoms. The van der Waals surface area contributed by atoms with E-state index >= 15 is 0 Å². The second kappa shape index (κ2) is 7.37. The highest BCUT2D eigenvalue weighted by Gasteiger charge is 2.41. The van der Waals surface area contributed by atoms with Crippen molar-refractivity contribution in [3.05, 3.63) is 59.9 Å². The molecule has 0 amide bonds. The number of likely N-dealkylation sites (N-methyl/N-ethyl adjacent to an activating group) is 1. The molecule has 1 saturated carbocycles. The Morgan fingerprint density at radius 1 is 1.15 bits per heavy atom. The van der Waals surface area contributed by atoms with Crippen LogP contribution in [-0.2, 0) is 13.1 Å². The number of hydrogen-bond donors (Lipinski definition) is 0. The summed E-state index contributed by atoms with van der Waals surface area (Å²) in [6.07, 6.45) is 6.47. The monoisotopic (exact) mass is 351 g/mol. The molecule has 0 saturated heterocycles. The molecule has 2 aliphatic rings. The number of hydrogen-bond acceptors (Lipinski definition) is 4. The van der Waals surface area contributed by atoms with Gasteiger partial charge in [-0.05, 0) is 58.0 Å². The minimum atomic E-state index is -0.0380. The molecule has 1 aromatic heterocycles. The Kier molecular flexibility index (Phi) is 4.96. The van der Waals surface area contributed by atoms with Gasteiger partial charge in [-0.1, -0.05) is 24.3 Å². The van der Waals surface area contributed by atoms with Crippen LogP contribution in [-0.4, -0.2) is 47.1 Å². The van der Waals surface area contributed by atoms with Crippen LogP contribution < -0.4 is 4.74 Å². The summed E-state index contributed by atoms with van der Waals surface area (Å²) in [6, 6.07) is 15.3. The van der Waals surface area contributed by atoms with E-state index in [0.29, 0.717) is 6.04 Å². The van der Waals surface area contributed by atoms with Gasteiger partial charge in [-0.3, -0.25) is 14.8 Å². The molecule has 0 unspecified atom stereocenters. The number of aromatic nitrogens is 1. The Bertz CT molecular complexity index is 725. The van der Waals surface area contributed by atoms with Crippen molar-refractivity contribution < 1.29 is 4.74 Å². The third-order valence-electron chi connectivity index (χ3n) is 5.92. The lowest BCUT2D eigenvalue weighted by Gasteiger charge is -2.43. The van der Waals surface area contributed by atoms with Crippen LogP contribution in [0.1, 0.15) is 36.9 Å². The summed E-state index contributed by atoms with van der Waals surface area (Å²) in [6.45, 7) is 2.90. The third-order valence-corrected chi connectivity index (χ3v) is 5.92. The van der Waals surface area contributed by atoms with E-state index in [1.54, 1.807) is 0 Å². The summed E-state index contributed by atoms with van der Waals surface area (Å²) < 4.78 is 6.63. The van der Waals surface area contributed by atoms with Crippen molar-refractivity contribution in [2.45, 2.75) is 50.4 Å². The van der Waals surface area contributed by atoms with Gasteiger partial charge in [0.25, 0.3) is 0 Å². The fourth-order valence-electron chi connectivity index (χ4n) is 4.54. The van der Waals surface area contributed by atoms with Crippen molar-refractivity contribution in [1.82, 2.24) is 14.8 Å². The van der Waals surface area contributed by atoms with E-state index in [0.717, 1.165) is 43.9 Å². The van der Waals surface area contributed by atoms with Crippen LogP contribution in [0.2, 0.25) is 0 Å². The molecule has 138 valence electrons. The van der Waals surface area contributed by atoms with Gasteiger partial charge in [0.1, 0.15) is 11.4 Å². The Morgan fingerprint density at radius 2 is 1.92 bits per heavy atom. The lowest BCUT2D eigenvalue weighted by molar-refractivity contribution is -0.0109. The average molecular weight is 351 g/mol. The first-order chi connectivity index (χ1) is 12.6. The number of nitrogens with zero attached hydrogens (tertiary/aromatic N) is 3. The second-order valence-corrected chi connectivity index (χ2v) is 8.03. The third kappa shape index (κ3) is 3.76. The van der Waals surface area contributed by atoms with Crippen LogP contribution in [0.3, 0.4) is 0 Å². The maximum absolute atomic E-state index is 6.63. The molecule has 0 radical (unpaired) electrons. The van der Waals surface area contributed by atoms with Gasteiger partial charge >= 0.3 is 0 Å². The van der Waals surface area contributed by atoms with Crippen LogP contribution in [0.5, 0.6) is 5.75 Å². The zero-order valence-corrected chi connectivity index (χ0v) is 15.9. The first kappa shape index (κ1) is 17.5. The normalized spacial score (nSPS) is 26.3. The predicted octanol–water partition coefficient (Wildman–Crippen LogP) is 3.72. The fourth-order valence-corrected chi connectivity index (χ4v) is 4.54. The first-order valence-electron chi connectivity index (χ1n) is 9.69. The van der Waals surface area contributed by atoms with Crippen molar-refractivity contribution in [1.29, 1.82) is 0 Å². The molecular formula is C22H29N3O. The number of para-hydroxylation sites is 1. The van der Waals surface area contributed by atoms with Gasteiger partial charge in [0.15, 0.2) is 0 Å². The molecule has 4 rings (SSSR count). The number of benzene rings is 1. The molecule has 1 spiro atoms. The lowest BCUT2D eigenvalue weighted by Crippen LogP contribution is -2.50. The number of ether oxygens (including phenoxy) is 1. The Morgan fingerprint density at radius 3 is 2.69 bits per heavy atom. The molecule has 1 aliphatic heterocycles. The Balaban J connectivity index is 1.42. The maximum atomic E-state index is 6.63. The van der Waals surface area contributed by atoms with Crippen molar-refractivity contribution in [2.75, 3.05) is 20.6 Å². The van der Waals surface area contributed by atoms with E-state index in [-0.39, 0.29) is 5.60 Å². The van der Waals surface area contributed by atoms with Crippen molar-refractivity contribution >= 4 is 0 Å². The van der Waals surface area contributed by atoms with Gasteiger partial charge in [-0.2, -0.15) is 0 Å². The highest BCUT2D eigenvalue weighted by atomic mass is 16.5. The SMILES string of the molecule is CN1Cc2ccccc2OC2(CCC(N(C)Cc3ccccn3)CC2)C1. The molecule has 1 fully saturated rings. The molecule has 4 heteroatoms. The van der Waals surface area contributed by atoms with Gasteiger partial charge in [0.2, 0.25) is 0 Å². The number of rotatable bonds is 3. The molecule has 0 atom stereocenters. The van der Waals surface area contributed by atoms with E-state index in [4.69, 9.17) is 4.74 Å². The van der Waals surface area contributed by atoms with E-state index in [1.807, 2.05) is 12.3 Å². The largest absolute Gasteiger partial charge is 0.486 e. The van der Waals surface area contributed by atoms with Crippen LogP contribution in [0.25, 0.3) is 0 Å². The quantitative estimate of drug-likeness (QED) is 0.843. The molecular weight excluding hydrogens is 322 g/mol. The van der Waals surface area contributed by atoms with Gasteiger partial charge in [-0.15, -0.1) is 0 Å². The summed E-state index contributed by atoms with van der Waals surface area (Å²) in [5, 5.41) is 0. The minimum Gasteiger partial charge on any atom is -0.486 e. The zero-order valence-electron chi connectivity index (χ0n) is 15.9. The summed E-state index contributed by atoms with van der Waals surface area (Å²) in [5.41, 5.74) is 2.42. The minimum absolute atomic E-state index is 0.0380. The summed E-state index contributed by atoms with van der Waals surface area (Å²) in [4.78, 5) is 9.35. The van der Waals surface area contributed by atoms with Crippen LogP contribution in [0.15, 0.2) is 48.7 Å². The molecule has 0 bridgehead atoms. The van der Waals surface area contributed by atoms with Crippen molar-refractivity contribution in [3.8, 4) is 5.75 Å². The highest BCUT2D eigenvalue weighted by molar-refractivity contribution is 5.35. The van der Waals surface area contributed by atoms with E-state index in [1.165, 1.54) is 18.4 Å². The van der Waals surface area contributed by atoms with Gasteiger partial charge in [0.05, 0.1) is 5.69 Å². The topological polar surface area (TPSA) is 28.6 Å². The zero-order chi connectivity index (χ0) is 18.0. The van der Waals surface area contributed by atoms with E-state index in [9.17, 15) is 0 Å². The Hall–Kier alpha value is -1.91. The van der Waals surface area contributed by atoms with Crippen molar-refractivity contribution in [3.63, 3.8) is 0 Å². The molecule has 2 aromatic rings. The Labute approximate surface area is 156 Å². The van der Waals surface area contributed by atoms with Crippen LogP contribution >= 0.6 is 0 Å². The first-order valence-corrected chi connectivity index (χ1v) is 9.69. The average Bonchev–Trinajstić information content (AvgIpc) is 2.78. The summed E-state index contributed by atoms with van der Waals surface area (Å²) >= 11 is 0. The van der Waals surface area contributed by atoms with Gasteiger partial charge in [0, 0.05) is 37.4 Å². The summed E-state index contributed by atoms with van der Waals surface area (Å²) in [7, 11) is 4.44. The highest BCUT2D eigenvalue weighted by Crippen LogP contribution is 2.39. The van der Waals surface area contributed by atoms with Crippen LogP contribution in [0, 0.1) is 0 Å². The molecule has 0 N–H and O–H groups in total. The smallest absolute Gasteiger partial charge is 0.124 e. The van der Waals surface area contributed by atoms with Crippen molar-refractivity contribution in [2.24, 2.45) is 0 Å². The van der Waals surface area contributed by atoms with Gasteiger partial charge < -0.3 is 4.74 Å². The molecule has 1 aliphatic carbocycles. The van der Waals surface area contributed by atoms with Crippen LogP contribution in [0.4, 0.5) is 0 Å². The number of fused-ring (bicyclic) bond motifs is 1. The number of pyridine rings is 1. The molecule has 1 aromatic carbocycles. The molecule has 4 nitrogen and oxygen atoms in total. The van der Waals surface area contributed by atoms with E-state index in [2.05, 4.69) is 65.3 Å². The second-order valence-electron chi connectivity index (χ2n) is 8.03. The standard InChI is InChI=1S/C22H29N3O/c1-24-15-18-7-3-4-9-21(18)26-22(17-24)12-10-20(11-13-22)25(2)16-19-8-5-6-14-23-19/h3-9,14,20H,10-13,15-17H2,1-2H3. The predicted molar refractivity (Wildman–Crippen MR) is 104 cm³/mol. The maximum Gasteiger partial charge on any atom is 0.124 e. The fraction of sp³-hybridized carbons (Fsp3) is 0.500. The lowest BCUT2D eigenvalue weighted by atomic mass is 9.81. The summed E-state index contributed by atoms with van der Waals surface area (Å²) in [5.74, 6) is 1.08. The van der Waals surface area contributed by atoms with E-state index < -0.39 is 0 Å².